The third kappa shape index (κ3) is 4.42. The standard InChI is InChI=1S/C7H13O2.ClH.Zn/c1-4-6-5-8-7(2,3)9-6;;/h6H,1,4-5H2,2-3H3;1H;/q-1;;+2/p-1/t6-;;/m0../s1. The third-order valence-corrected chi connectivity index (χ3v) is 1.39. The topological polar surface area (TPSA) is 18.5 Å². The van der Waals surface area contributed by atoms with E-state index < -0.39 is 0 Å². The summed E-state index contributed by atoms with van der Waals surface area (Å²) < 4.78 is 10.7. The molecule has 0 aromatic carbocycles. The SMILES string of the molecule is [CH2-]C[C@H]1COC(C)(C)O1.[Cl][Zn+]. The van der Waals surface area contributed by atoms with Crippen LogP contribution < -0.4 is 0 Å². The first-order valence-electron chi connectivity index (χ1n) is 3.52. The zero-order valence-corrected chi connectivity index (χ0v) is 10.8. The predicted octanol–water partition coefficient (Wildman–Crippen LogP) is 2.05. The molecule has 1 aliphatic rings. The normalized spacial score (nSPS) is 27.6. The van der Waals surface area contributed by atoms with Gasteiger partial charge in [0, 0.05) is 0 Å². The second kappa shape index (κ2) is 5.47. The molecule has 0 spiro atoms. The van der Waals surface area contributed by atoms with Crippen LogP contribution in [-0.2, 0) is 26.8 Å². The van der Waals surface area contributed by atoms with Crippen LogP contribution in [0.15, 0.2) is 0 Å². The van der Waals surface area contributed by atoms with Gasteiger partial charge < -0.3 is 16.4 Å². The monoisotopic (exact) mass is 228 g/mol. The van der Waals surface area contributed by atoms with Crippen LogP contribution in [0.4, 0.5) is 0 Å². The van der Waals surface area contributed by atoms with Crippen molar-refractivity contribution in [3.8, 4) is 0 Å². The predicted molar refractivity (Wildman–Crippen MR) is 40.7 cm³/mol. The van der Waals surface area contributed by atoms with Gasteiger partial charge in [-0.3, -0.25) is 0 Å². The molecule has 0 aromatic heterocycles. The van der Waals surface area contributed by atoms with Crippen molar-refractivity contribution < 1.29 is 26.8 Å². The van der Waals surface area contributed by atoms with Gasteiger partial charge in [0.05, 0.1) is 12.7 Å². The molecule has 11 heavy (non-hydrogen) atoms. The van der Waals surface area contributed by atoms with Crippen LogP contribution in [0.1, 0.15) is 20.3 Å². The van der Waals surface area contributed by atoms with E-state index in [9.17, 15) is 0 Å². The van der Waals surface area contributed by atoms with E-state index in [-0.39, 0.29) is 11.9 Å². The number of rotatable bonds is 1. The third-order valence-electron chi connectivity index (χ3n) is 1.39. The van der Waals surface area contributed by atoms with Crippen molar-refractivity contribution in [1.29, 1.82) is 0 Å². The zero-order chi connectivity index (χ0) is 8.91. The Bertz CT molecular complexity index is 109. The van der Waals surface area contributed by atoms with Gasteiger partial charge in [0.2, 0.25) is 0 Å². The molecule has 1 saturated heterocycles. The van der Waals surface area contributed by atoms with Crippen LogP contribution in [0.5, 0.6) is 0 Å². The Morgan fingerprint density at radius 3 is 2.36 bits per heavy atom. The van der Waals surface area contributed by atoms with Crippen LogP contribution in [0, 0.1) is 6.92 Å². The Hall–Kier alpha value is 0.833. The van der Waals surface area contributed by atoms with Gasteiger partial charge in [0.15, 0.2) is 5.79 Å². The molecule has 0 saturated carbocycles. The summed E-state index contributed by atoms with van der Waals surface area (Å²) in [5.74, 6) is -0.373. The van der Waals surface area contributed by atoms with Crippen molar-refractivity contribution in [3.63, 3.8) is 0 Å². The summed E-state index contributed by atoms with van der Waals surface area (Å²) in [6.45, 7) is 8.26. The fraction of sp³-hybridized carbons (Fsp3) is 0.857. The summed E-state index contributed by atoms with van der Waals surface area (Å²) in [5, 5.41) is 0. The van der Waals surface area contributed by atoms with Crippen LogP contribution in [-0.4, -0.2) is 18.5 Å². The van der Waals surface area contributed by atoms with Crippen LogP contribution >= 0.6 is 9.69 Å². The Morgan fingerprint density at radius 2 is 2.18 bits per heavy atom. The van der Waals surface area contributed by atoms with Gasteiger partial charge in [-0.15, -0.1) is 0 Å². The van der Waals surface area contributed by atoms with Crippen LogP contribution in [0.25, 0.3) is 0 Å². The molecule has 2 nitrogen and oxygen atoms in total. The molecule has 1 atom stereocenters. The van der Waals surface area contributed by atoms with E-state index in [4.69, 9.17) is 19.2 Å². The Balaban J connectivity index is 0.000000461. The van der Waals surface area contributed by atoms with Gasteiger partial charge in [-0.25, -0.2) is 0 Å². The Labute approximate surface area is 82.3 Å². The first-order chi connectivity index (χ1) is 5.14. The fourth-order valence-electron chi connectivity index (χ4n) is 0.905. The average Bonchev–Trinajstić information content (AvgIpc) is 2.34. The Morgan fingerprint density at radius 1 is 1.64 bits per heavy atom. The van der Waals surface area contributed by atoms with E-state index in [1.165, 1.54) is 0 Å². The molecule has 0 N–H and O–H groups in total. The molecule has 4 heteroatoms. The number of ether oxygens (including phenoxy) is 2. The molecule has 1 aliphatic heterocycles. The minimum atomic E-state index is -0.373. The van der Waals surface area contributed by atoms with Crippen molar-refractivity contribution >= 4 is 9.69 Å². The van der Waals surface area contributed by atoms with Gasteiger partial charge in [0.25, 0.3) is 0 Å². The molecule has 0 amide bonds. The van der Waals surface area contributed by atoms with Gasteiger partial charge in [-0.2, -0.15) is 6.42 Å². The number of hydrogen-bond donors (Lipinski definition) is 0. The van der Waals surface area contributed by atoms with E-state index in [2.05, 4.69) is 6.92 Å². The van der Waals surface area contributed by atoms with Gasteiger partial charge in [-0.1, -0.05) is 0 Å². The molecule has 0 bridgehead atoms. The first kappa shape index (κ1) is 11.8. The molecule has 1 fully saturated rings. The van der Waals surface area contributed by atoms with E-state index in [0.29, 0.717) is 6.61 Å². The summed E-state index contributed by atoms with van der Waals surface area (Å²) >= 11 is 0.847. The molecular formula is C7H13ClO2Zn. The van der Waals surface area contributed by atoms with Crippen molar-refractivity contribution in [1.82, 2.24) is 0 Å². The fourth-order valence-corrected chi connectivity index (χ4v) is 0.905. The maximum absolute atomic E-state index is 5.41. The minimum absolute atomic E-state index is 0.208. The Kier molecular flexibility index (Phi) is 5.89. The van der Waals surface area contributed by atoms with Gasteiger partial charge in [0.1, 0.15) is 0 Å². The number of hydrogen-bond acceptors (Lipinski definition) is 2. The van der Waals surface area contributed by atoms with Gasteiger partial charge in [-0.05, 0) is 13.8 Å². The van der Waals surface area contributed by atoms with E-state index in [1.807, 2.05) is 13.8 Å². The van der Waals surface area contributed by atoms with E-state index in [1.54, 1.807) is 0 Å². The molecular weight excluding hydrogens is 217 g/mol. The summed E-state index contributed by atoms with van der Waals surface area (Å²) in [6, 6.07) is 0. The molecule has 0 radical (unpaired) electrons. The second-order valence-corrected chi connectivity index (χ2v) is 2.74. The quantitative estimate of drug-likeness (QED) is 0.507. The zero-order valence-electron chi connectivity index (χ0n) is 7.10. The van der Waals surface area contributed by atoms with Crippen LogP contribution in [0.3, 0.4) is 0 Å². The summed E-state index contributed by atoms with van der Waals surface area (Å²) in [7, 11) is 4.76. The molecule has 0 unspecified atom stereocenters. The first-order valence-corrected chi connectivity index (χ1v) is 7.42. The maximum atomic E-state index is 5.41. The average molecular weight is 230 g/mol. The van der Waals surface area contributed by atoms with Crippen molar-refractivity contribution in [2.24, 2.45) is 0 Å². The van der Waals surface area contributed by atoms with Crippen molar-refractivity contribution in [3.05, 3.63) is 6.92 Å². The molecule has 0 aliphatic carbocycles. The van der Waals surface area contributed by atoms with Gasteiger partial charge >= 0.3 is 27.0 Å². The summed E-state index contributed by atoms with van der Waals surface area (Å²) in [4.78, 5) is 0. The molecule has 1 heterocycles. The molecule has 1 rings (SSSR count). The van der Waals surface area contributed by atoms with Crippen LogP contribution in [0.2, 0.25) is 0 Å². The molecule has 62 valence electrons. The number of halogens is 1. The molecule has 0 aromatic rings. The van der Waals surface area contributed by atoms with E-state index >= 15 is 0 Å². The summed E-state index contributed by atoms with van der Waals surface area (Å²) in [6.07, 6.45) is 1.00. The van der Waals surface area contributed by atoms with Crippen molar-refractivity contribution in [2.45, 2.75) is 32.2 Å². The van der Waals surface area contributed by atoms with E-state index in [0.717, 1.165) is 23.7 Å². The second-order valence-electron chi connectivity index (χ2n) is 2.74. The summed E-state index contributed by atoms with van der Waals surface area (Å²) in [5.41, 5.74) is 0. The van der Waals surface area contributed by atoms with Crippen molar-refractivity contribution in [2.75, 3.05) is 6.61 Å².